The van der Waals surface area contributed by atoms with Gasteiger partial charge in [0.15, 0.2) is 5.65 Å². The molecule has 1 aromatic carbocycles. The minimum atomic E-state index is -4.54. The Bertz CT molecular complexity index is 1490. The fourth-order valence-corrected chi connectivity index (χ4v) is 4.92. The molecule has 1 fully saturated rings. The normalized spacial score (nSPS) is 14.4. The number of sulfonamides is 1. The van der Waals surface area contributed by atoms with E-state index in [-0.39, 0.29) is 17.5 Å². The molecule has 2 aromatic heterocycles. The number of hydrogen-bond donors (Lipinski definition) is 2. The molecule has 1 aliphatic carbocycles. The molecule has 0 atom stereocenters. The second kappa shape index (κ2) is 10.8. The van der Waals surface area contributed by atoms with Crippen molar-refractivity contribution in [3.63, 3.8) is 0 Å². The summed E-state index contributed by atoms with van der Waals surface area (Å²) in [5, 5.41) is 15.0. The van der Waals surface area contributed by atoms with Gasteiger partial charge in [0.2, 0.25) is 15.9 Å². The lowest BCUT2D eigenvalue weighted by Gasteiger charge is -2.16. The second-order valence-electron chi connectivity index (χ2n) is 8.45. The van der Waals surface area contributed by atoms with Crippen molar-refractivity contribution in [3.8, 4) is 22.9 Å². The minimum Gasteiger partial charge on any atom is -0.496 e. The van der Waals surface area contributed by atoms with Crippen LogP contribution in [-0.4, -0.2) is 65.4 Å². The molecule has 3 aromatic rings. The van der Waals surface area contributed by atoms with Crippen molar-refractivity contribution in [2.75, 3.05) is 20.0 Å². The summed E-state index contributed by atoms with van der Waals surface area (Å²) in [4.78, 5) is 13.9. The third-order valence-corrected chi connectivity index (χ3v) is 7.07. The van der Waals surface area contributed by atoms with Crippen LogP contribution in [0.15, 0.2) is 41.0 Å². The Balaban J connectivity index is 1.52. The number of benzene rings is 1. The van der Waals surface area contributed by atoms with Gasteiger partial charge in [-0.15, -0.1) is 5.10 Å². The van der Waals surface area contributed by atoms with Gasteiger partial charge in [0.25, 0.3) is 5.95 Å². The van der Waals surface area contributed by atoms with E-state index in [1.54, 1.807) is 24.3 Å². The van der Waals surface area contributed by atoms with Gasteiger partial charge in [0.05, 0.1) is 26.4 Å². The van der Waals surface area contributed by atoms with Crippen molar-refractivity contribution in [1.82, 2.24) is 24.6 Å². The molecule has 0 amide bonds. The van der Waals surface area contributed by atoms with E-state index < -0.39 is 28.4 Å². The summed E-state index contributed by atoms with van der Waals surface area (Å²) in [5.74, 6) is -0.295. The van der Waals surface area contributed by atoms with Crippen LogP contribution in [0.3, 0.4) is 0 Å². The van der Waals surface area contributed by atoms with Crippen molar-refractivity contribution < 1.29 is 36.3 Å². The monoisotopic (exact) mass is 554 g/mol. The number of allylic oxidation sites excluding steroid dienone is 1. The summed E-state index contributed by atoms with van der Waals surface area (Å²) in [5.41, 5.74) is 2.50. The lowest BCUT2D eigenvalue weighted by molar-refractivity contribution is -0.129. The van der Waals surface area contributed by atoms with Crippen LogP contribution in [0.2, 0.25) is 0 Å². The fourth-order valence-electron chi connectivity index (χ4n) is 3.96. The van der Waals surface area contributed by atoms with Crippen LogP contribution in [0.4, 0.5) is 19.1 Å². The number of ether oxygens (including phenoxy) is 2. The van der Waals surface area contributed by atoms with Crippen molar-refractivity contribution in [3.05, 3.63) is 36.0 Å². The summed E-state index contributed by atoms with van der Waals surface area (Å²) in [6, 6.07) is 7.06. The second-order valence-corrected chi connectivity index (χ2v) is 10.3. The number of alkyl halides is 3. The largest absolute Gasteiger partial charge is 0.496 e. The Hall–Kier alpha value is -3.88. The first-order chi connectivity index (χ1) is 18.0. The van der Waals surface area contributed by atoms with E-state index in [1.807, 2.05) is 0 Å². The highest BCUT2D eigenvalue weighted by Crippen LogP contribution is 2.38. The lowest BCUT2D eigenvalue weighted by Crippen LogP contribution is -2.25. The van der Waals surface area contributed by atoms with Crippen molar-refractivity contribution >= 4 is 32.7 Å². The van der Waals surface area contributed by atoms with Gasteiger partial charge in [-0.05, 0) is 37.8 Å². The zero-order valence-corrected chi connectivity index (χ0v) is 21.3. The molecular weight excluding hydrogens is 529 g/mol. The molecule has 38 heavy (non-hydrogen) atoms. The molecule has 15 heteroatoms. The van der Waals surface area contributed by atoms with E-state index in [4.69, 9.17) is 9.47 Å². The number of aromatic nitrogens is 4. The summed E-state index contributed by atoms with van der Waals surface area (Å²) in [6.45, 7) is 0. The van der Waals surface area contributed by atoms with Crippen molar-refractivity contribution in [2.45, 2.75) is 38.3 Å². The first kappa shape index (κ1) is 27.2. The van der Waals surface area contributed by atoms with Crippen LogP contribution in [0, 0.1) is 0 Å². The van der Waals surface area contributed by atoms with E-state index in [1.165, 1.54) is 20.4 Å². The van der Waals surface area contributed by atoms with Gasteiger partial charge in [-0.25, -0.2) is 13.4 Å². The average molecular weight is 555 g/mol. The molecule has 2 heterocycles. The molecule has 0 bridgehead atoms. The quantitative estimate of drug-likeness (QED) is 0.396. The van der Waals surface area contributed by atoms with Gasteiger partial charge >= 0.3 is 6.18 Å². The van der Waals surface area contributed by atoms with Crippen molar-refractivity contribution in [1.29, 1.82) is 0 Å². The molecule has 11 nitrogen and oxygen atoms in total. The highest BCUT2D eigenvalue weighted by atomic mass is 32.2. The maximum atomic E-state index is 12.3. The first-order valence-electron chi connectivity index (χ1n) is 11.5. The van der Waals surface area contributed by atoms with Crippen LogP contribution in [0.1, 0.15) is 32.1 Å². The predicted octanol–water partition coefficient (Wildman–Crippen LogP) is 4.15. The Morgan fingerprint density at radius 1 is 1.13 bits per heavy atom. The smallest absolute Gasteiger partial charge is 0.390 e. The molecule has 0 saturated heterocycles. The highest BCUT2D eigenvalue weighted by molar-refractivity contribution is 7.89. The van der Waals surface area contributed by atoms with Crippen LogP contribution in [0.25, 0.3) is 22.3 Å². The predicted molar refractivity (Wildman–Crippen MR) is 132 cm³/mol. The third-order valence-electron chi connectivity index (χ3n) is 5.85. The number of rotatable bonds is 8. The molecule has 1 aliphatic rings. The van der Waals surface area contributed by atoms with Gasteiger partial charge in [0, 0.05) is 17.5 Å². The number of nitrogens with one attached hydrogen (secondary N) is 1. The van der Waals surface area contributed by atoms with E-state index in [2.05, 4.69) is 24.8 Å². The molecule has 2 N–H and O–H groups in total. The Labute approximate surface area is 216 Å². The average Bonchev–Trinajstić information content (AvgIpc) is 3.21. The SMILES string of the molecule is COc1ccccc1-c1c2c(OC)nc(N=C3CCC(=CNS(=O)(=O)CCC(F)(F)F)CC3)nc2nn1O. The zero-order valence-electron chi connectivity index (χ0n) is 20.5. The van der Waals surface area contributed by atoms with E-state index >= 15 is 0 Å². The Morgan fingerprint density at radius 2 is 1.84 bits per heavy atom. The van der Waals surface area contributed by atoms with E-state index in [0.717, 1.165) is 11.3 Å². The van der Waals surface area contributed by atoms with Gasteiger partial charge in [-0.3, -0.25) is 4.72 Å². The number of nitrogens with zero attached hydrogens (tertiary/aromatic N) is 5. The minimum absolute atomic E-state index is 0.0781. The summed E-state index contributed by atoms with van der Waals surface area (Å²) in [7, 11) is -1.15. The first-order valence-corrected chi connectivity index (χ1v) is 13.1. The Kier molecular flexibility index (Phi) is 7.76. The molecular formula is C23H25F3N6O5S. The number of methoxy groups -OCH3 is 2. The number of hydrogen-bond acceptors (Lipinski definition) is 9. The topological polar surface area (TPSA) is 141 Å². The fraction of sp³-hybridized carbons (Fsp3) is 0.391. The van der Waals surface area contributed by atoms with Gasteiger partial charge in [-0.1, -0.05) is 22.6 Å². The molecule has 1 saturated carbocycles. The van der Waals surface area contributed by atoms with Crippen LogP contribution in [0.5, 0.6) is 11.6 Å². The summed E-state index contributed by atoms with van der Waals surface area (Å²) < 4.78 is 73.5. The van der Waals surface area contributed by atoms with Gasteiger partial charge < -0.3 is 14.7 Å². The molecule has 0 aliphatic heterocycles. The van der Waals surface area contributed by atoms with Crippen LogP contribution >= 0.6 is 0 Å². The number of para-hydroxylation sites is 1. The Morgan fingerprint density at radius 3 is 2.50 bits per heavy atom. The maximum absolute atomic E-state index is 12.3. The standard InChI is InChI=1S/C23H25F3N6O5S/c1-36-17-6-4-3-5-16(17)19-18-20(31-32(19)33)29-22(30-21(18)37-2)28-15-9-7-14(8-10-15)13-27-38(34,35)12-11-23(24,25)26/h3-6,13,27,33H,7-12H2,1-2H3. The van der Waals surface area contributed by atoms with E-state index in [9.17, 15) is 26.8 Å². The molecule has 0 radical (unpaired) electrons. The van der Waals surface area contributed by atoms with Crippen molar-refractivity contribution in [2.24, 2.45) is 4.99 Å². The molecule has 0 spiro atoms. The van der Waals surface area contributed by atoms with Gasteiger partial charge in [0.1, 0.15) is 16.8 Å². The maximum Gasteiger partial charge on any atom is 0.390 e. The summed E-state index contributed by atoms with van der Waals surface area (Å²) in [6.07, 6.45) is -2.84. The van der Waals surface area contributed by atoms with E-state index in [0.29, 0.717) is 52.9 Å². The van der Waals surface area contributed by atoms with Crippen LogP contribution < -0.4 is 14.2 Å². The molecule has 4 rings (SSSR count). The zero-order chi connectivity index (χ0) is 27.5. The lowest BCUT2D eigenvalue weighted by atomic mass is 9.94. The number of halogens is 3. The van der Waals surface area contributed by atoms with Gasteiger partial charge in [-0.2, -0.15) is 23.1 Å². The third kappa shape index (κ3) is 6.33. The number of aliphatic imine (C=N–C) groups is 1. The molecule has 204 valence electrons. The molecule has 0 unspecified atom stereocenters. The summed E-state index contributed by atoms with van der Waals surface area (Å²) >= 11 is 0. The van der Waals surface area contributed by atoms with Crippen LogP contribution in [-0.2, 0) is 10.0 Å². The number of fused-ring (bicyclic) bond motifs is 1. The highest BCUT2D eigenvalue weighted by Gasteiger charge is 2.29.